The Hall–Kier alpha value is -2.54. The number of furan rings is 2. The van der Waals surface area contributed by atoms with E-state index in [9.17, 15) is 9.59 Å². The van der Waals surface area contributed by atoms with Crippen molar-refractivity contribution >= 4 is 11.8 Å². The predicted octanol–water partition coefficient (Wildman–Crippen LogP) is 2.51. The van der Waals surface area contributed by atoms with Gasteiger partial charge in [0.15, 0.2) is 0 Å². The maximum Gasteiger partial charge on any atom is 0.257 e. The van der Waals surface area contributed by atoms with Crippen molar-refractivity contribution in [1.82, 2.24) is 15.1 Å². The molecule has 3 heterocycles. The van der Waals surface area contributed by atoms with Crippen LogP contribution in [0, 0.1) is 0 Å². The summed E-state index contributed by atoms with van der Waals surface area (Å²) in [6.07, 6.45) is 8.49. The lowest BCUT2D eigenvalue weighted by molar-refractivity contribution is -0.121. The Kier molecular flexibility index (Phi) is 7.10. The molecule has 1 saturated heterocycles. The SMILES string of the molecule is O=C(CCN(Cc1ccco1)C(=O)c1ccoc1)NCCN1CCCCC1. The summed E-state index contributed by atoms with van der Waals surface area (Å²) < 4.78 is 10.3. The van der Waals surface area contributed by atoms with Gasteiger partial charge in [0.1, 0.15) is 12.0 Å². The van der Waals surface area contributed by atoms with Crippen LogP contribution in [0.15, 0.2) is 45.8 Å². The molecule has 0 spiro atoms. The molecule has 27 heavy (non-hydrogen) atoms. The molecule has 7 heteroatoms. The van der Waals surface area contributed by atoms with E-state index < -0.39 is 0 Å². The molecule has 7 nitrogen and oxygen atoms in total. The van der Waals surface area contributed by atoms with Crippen molar-refractivity contribution in [2.75, 3.05) is 32.7 Å². The third-order valence-electron chi connectivity index (χ3n) is 4.79. The molecular weight excluding hydrogens is 346 g/mol. The van der Waals surface area contributed by atoms with E-state index in [4.69, 9.17) is 8.83 Å². The molecule has 0 atom stereocenters. The number of nitrogens with zero attached hydrogens (tertiary/aromatic N) is 2. The van der Waals surface area contributed by atoms with Crippen LogP contribution in [0.2, 0.25) is 0 Å². The van der Waals surface area contributed by atoms with E-state index in [1.807, 2.05) is 6.07 Å². The second kappa shape index (κ2) is 9.97. The fourth-order valence-corrected chi connectivity index (χ4v) is 3.27. The lowest BCUT2D eigenvalue weighted by Crippen LogP contribution is -2.39. The fourth-order valence-electron chi connectivity index (χ4n) is 3.27. The smallest absolute Gasteiger partial charge is 0.257 e. The van der Waals surface area contributed by atoms with Gasteiger partial charge in [0.05, 0.1) is 24.6 Å². The van der Waals surface area contributed by atoms with Gasteiger partial charge < -0.3 is 24.0 Å². The maximum atomic E-state index is 12.7. The van der Waals surface area contributed by atoms with Gasteiger partial charge in [-0.05, 0) is 44.1 Å². The van der Waals surface area contributed by atoms with E-state index in [1.54, 1.807) is 23.3 Å². The monoisotopic (exact) mass is 373 g/mol. The minimum absolute atomic E-state index is 0.0450. The number of carbonyl (C=O) groups is 2. The molecule has 2 aromatic heterocycles. The summed E-state index contributed by atoms with van der Waals surface area (Å²) in [6.45, 7) is 4.40. The van der Waals surface area contributed by atoms with Crippen LogP contribution in [-0.4, -0.2) is 54.3 Å². The van der Waals surface area contributed by atoms with Crippen LogP contribution in [0.25, 0.3) is 0 Å². The normalized spacial score (nSPS) is 14.8. The summed E-state index contributed by atoms with van der Waals surface area (Å²) in [7, 11) is 0. The quantitative estimate of drug-likeness (QED) is 0.731. The molecular formula is C20H27N3O4. The highest BCUT2D eigenvalue weighted by molar-refractivity contribution is 5.94. The molecule has 146 valence electrons. The second-order valence-corrected chi connectivity index (χ2v) is 6.82. The summed E-state index contributed by atoms with van der Waals surface area (Å²) in [5.41, 5.74) is 0.465. The molecule has 0 radical (unpaired) electrons. The van der Waals surface area contributed by atoms with Gasteiger partial charge in [0.2, 0.25) is 5.91 Å². The highest BCUT2D eigenvalue weighted by Gasteiger charge is 2.19. The third kappa shape index (κ3) is 5.99. The first-order valence-electron chi connectivity index (χ1n) is 9.55. The largest absolute Gasteiger partial charge is 0.472 e. The Morgan fingerprint density at radius 3 is 2.70 bits per heavy atom. The fraction of sp³-hybridized carbons (Fsp3) is 0.500. The van der Waals surface area contributed by atoms with Crippen molar-refractivity contribution in [3.05, 3.63) is 48.3 Å². The Bertz CT molecular complexity index is 691. The van der Waals surface area contributed by atoms with Crippen LogP contribution < -0.4 is 5.32 Å². The number of amides is 2. The van der Waals surface area contributed by atoms with E-state index in [0.29, 0.717) is 31.0 Å². The molecule has 2 amide bonds. The summed E-state index contributed by atoms with van der Waals surface area (Å²) in [4.78, 5) is 28.8. The lowest BCUT2D eigenvalue weighted by atomic mass is 10.1. The van der Waals surface area contributed by atoms with Gasteiger partial charge in [-0.15, -0.1) is 0 Å². The summed E-state index contributed by atoms with van der Waals surface area (Å²) >= 11 is 0. The van der Waals surface area contributed by atoms with Crippen molar-refractivity contribution in [3.63, 3.8) is 0 Å². The summed E-state index contributed by atoms with van der Waals surface area (Å²) in [5, 5.41) is 2.96. The lowest BCUT2D eigenvalue weighted by Gasteiger charge is -2.26. The van der Waals surface area contributed by atoms with Gasteiger partial charge in [-0.25, -0.2) is 0 Å². The van der Waals surface area contributed by atoms with Crippen molar-refractivity contribution in [3.8, 4) is 0 Å². The Morgan fingerprint density at radius 2 is 2.00 bits per heavy atom. The Labute approximate surface area is 159 Å². The van der Waals surface area contributed by atoms with Crippen LogP contribution in [0.4, 0.5) is 0 Å². The van der Waals surface area contributed by atoms with Crippen LogP contribution >= 0.6 is 0 Å². The zero-order chi connectivity index (χ0) is 18.9. The van der Waals surface area contributed by atoms with Crippen molar-refractivity contribution in [2.24, 2.45) is 0 Å². The van der Waals surface area contributed by atoms with Crippen LogP contribution in [0.5, 0.6) is 0 Å². The zero-order valence-corrected chi connectivity index (χ0v) is 15.6. The zero-order valence-electron chi connectivity index (χ0n) is 15.6. The number of carbonyl (C=O) groups excluding carboxylic acids is 2. The molecule has 1 fully saturated rings. The predicted molar refractivity (Wildman–Crippen MR) is 100 cm³/mol. The van der Waals surface area contributed by atoms with Gasteiger partial charge >= 0.3 is 0 Å². The van der Waals surface area contributed by atoms with E-state index >= 15 is 0 Å². The molecule has 2 aromatic rings. The average Bonchev–Trinajstić information content (AvgIpc) is 3.39. The number of likely N-dealkylation sites (tertiary alicyclic amines) is 1. The topological polar surface area (TPSA) is 78.9 Å². The summed E-state index contributed by atoms with van der Waals surface area (Å²) in [6, 6.07) is 5.22. The first-order valence-corrected chi connectivity index (χ1v) is 9.55. The molecule has 0 bridgehead atoms. The van der Waals surface area contributed by atoms with Gasteiger partial charge in [-0.1, -0.05) is 6.42 Å². The molecule has 0 aromatic carbocycles. The minimum atomic E-state index is -0.179. The van der Waals surface area contributed by atoms with E-state index in [1.165, 1.54) is 31.8 Å². The van der Waals surface area contributed by atoms with E-state index in [0.717, 1.165) is 19.6 Å². The number of rotatable bonds is 9. The first kappa shape index (κ1) is 19.2. The molecule has 3 rings (SSSR count). The highest BCUT2D eigenvalue weighted by atomic mass is 16.3. The molecule has 0 unspecified atom stereocenters. The van der Waals surface area contributed by atoms with Gasteiger partial charge in [0, 0.05) is 26.1 Å². The van der Waals surface area contributed by atoms with Crippen LogP contribution in [-0.2, 0) is 11.3 Å². The Balaban J connectivity index is 1.46. The highest BCUT2D eigenvalue weighted by Crippen LogP contribution is 2.12. The number of nitrogens with one attached hydrogen (secondary N) is 1. The van der Waals surface area contributed by atoms with Crippen molar-refractivity contribution < 1.29 is 18.4 Å². The molecule has 1 N–H and O–H groups in total. The number of hydrogen-bond acceptors (Lipinski definition) is 5. The third-order valence-corrected chi connectivity index (χ3v) is 4.79. The van der Waals surface area contributed by atoms with Gasteiger partial charge in [0.25, 0.3) is 5.91 Å². The van der Waals surface area contributed by atoms with Gasteiger partial charge in [-0.3, -0.25) is 9.59 Å². The number of hydrogen-bond donors (Lipinski definition) is 1. The molecule has 1 aliphatic heterocycles. The van der Waals surface area contributed by atoms with Crippen molar-refractivity contribution in [1.29, 1.82) is 0 Å². The van der Waals surface area contributed by atoms with Crippen molar-refractivity contribution in [2.45, 2.75) is 32.2 Å². The molecule has 0 aliphatic carbocycles. The maximum absolute atomic E-state index is 12.7. The van der Waals surface area contributed by atoms with E-state index in [-0.39, 0.29) is 18.2 Å². The Morgan fingerprint density at radius 1 is 1.15 bits per heavy atom. The average molecular weight is 373 g/mol. The standard InChI is InChI=1S/C20H27N3O4/c24-19(21-8-12-22-9-2-1-3-10-22)6-11-23(15-18-5-4-13-27-18)20(25)17-7-14-26-16-17/h4-5,7,13-14,16H,1-3,6,8-12,15H2,(H,21,24). The second-order valence-electron chi connectivity index (χ2n) is 6.82. The first-order chi connectivity index (χ1) is 13.2. The van der Waals surface area contributed by atoms with Gasteiger partial charge in [-0.2, -0.15) is 0 Å². The molecule has 0 saturated carbocycles. The molecule has 1 aliphatic rings. The summed E-state index contributed by atoms with van der Waals surface area (Å²) in [5.74, 6) is 0.454. The van der Waals surface area contributed by atoms with Crippen LogP contribution in [0.1, 0.15) is 41.8 Å². The van der Waals surface area contributed by atoms with E-state index in [2.05, 4.69) is 10.2 Å². The van der Waals surface area contributed by atoms with Crippen LogP contribution in [0.3, 0.4) is 0 Å². The minimum Gasteiger partial charge on any atom is -0.472 e. The number of piperidine rings is 1.